The van der Waals surface area contributed by atoms with Crippen molar-refractivity contribution in [2.45, 2.75) is 53.1 Å². The number of β-amino-alcohol motifs (C(OH)–C–C–N with tert-alkyl or cyclic N) is 1. The number of aromatic nitrogens is 1. The van der Waals surface area contributed by atoms with Crippen LogP contribution >= 0.6 is 0 Å². The molecule has 3 rings (SSSR count). The number of hydrogen-bond acceptors (Lipinski definition) is 4. The van der Waals surface area contributed by atoms with Crippen molar-refractivity contribution in [1.82, 2.24) is 9.88 Å². The van der Waals surface area contributed by atoms with Crippen molar-refractivity contribution >= 4 is 11.7 Å². The standard InChI is InChI=1S/C21H33N3O2/c1-15-6-5-10-23(13-15)19-12-16(7-9-22-19)20(26)24-11-8-17(18(25)14-24)21(2,3)4/h7,9,12,15,17-18,25H,5-6,8,10-11,13-14H2,1-4H3. The second-order valence-electron chi connectivity index (χ2n) is 9.18. The number of pyridine rings is 1. The number of hydrogen-bond donors (Lipinski definition) is 1. The van der Waals surface area contributed by atoms with Gasteiger partial charge >= 0.3 is 0 Å². The Morgan fingerprint density at radius 1 is 1.23 bits per heavy atom. The fourth-order valence-corrected chi connectivity index (χ4v) is 4.43. The molecule has 0 aliphatic carbocycles. The summed E-state index contributed by atoms with van der Waals surface area (Å²) in [5.41, 5.74) is 0.734. The topological polar surface area (TPSA) is 56.7 Å². The Labute approximate surface area is 157 Å². The third kappa shape index (κ3) is 4.20. The van der Waals surface area contributed by atoms with E-state index >= 15 is 0 Å². The number of carbonyl (C=O) groups excluding carboxylic acids is 1. The summed E-state index contributed by atoms with van der Waals surface area (Å²) in [6.07, 6.45) is 4.55. The van der Waals surface area contributed by atoms with Crippen molar-refractivity contribution in [2.24, 2.45) is 17.3 Å². The van der Waals surface area contributed by atoms with E-state index in [4.69, 9.17) is 0 Å². The zero-order valence-electron chi connectivity index (χ0n) is 16.6. The Morgan fingerprint density at radius 2 is 2.00 bits per heavy atom. The molecule has 3 unspecified atom stereocenters. The van der Waals surface area contributed by atoms with E-state index in [-0.39, 0.29) is 17.2 Å². The van der Waals surface area contributed by atoms with Crippen molar-refractivity contribution in [3.63, 3.8) is 0 Å². The van der Waals surface area contributed by atoms with Crippen LogP contribution in [-0.2, 0) is 0 Å². The quantitative estimate of drug-likeness (QED) is 0.881. The summed E-state index contributed by atoms with van der Waals surface area (Å²) in [5, 5.41) is 10.5. The van der Waals surface area contributed by atoms with Gasteiger partial charge in [0.1, 0.15) is 5.82 Å². The molecule has 0 saturated carbocycles. The average Bonchev–Trinajstić information content (AvgIpc) is 2.60. The maximum absolute atomic E-state index is 13.0. The summed E-state index contributed by atoms with van der Waals surface area (Å²) in [5.74, 6) is 1.79. The van der Waals surface area contributed by atoms with Gasteiger partial charge < -0.3 is 14.9 Å². The smallest absolute Gasteiger partial charge is 0.254 e. The summed E-state index contributed by atoms with van der Waals surface area (Å²) in [7, 11) is 0. The predicted octanol–water partition coefficient (Wildman–Crippen LogP) is 3.19. The lowest BCUT2D eigenvalue weighted by Crippen LogP contribution is -2.50. The highest BCUT2D eigenvalue weighted by molar-refractivity contribution is 5.95. The first kappa shape index (κ1) is 19.2. The third-order valence-corrected chi connectivity index (χ3v) is 5.95. The second kappa shape index (κ2) is 7.55. The summed E-state index contributed by atoms with van der Waals surface area (Å²) in [6, 6.07) is 3.71. The molecule has 2 fully saturated rings. The van der Waals surface area contributed by atoms with Gasteiger partial charge in [-0.25, -0.2) is 4.98 Å². The molecule has 5 heteroatoms. The van der Waals surface area contributed by atoms with Gasteiger partial charge in [-0.05, 0) is 48.6 Å². The molecule has 1 N–H and O–H groups in total. The van der Waals surface area contributed by atoms with Gasteiger partial charge in [-0.3, -0.25) is 4.79 Å². The molecule has 2 saturated heterocycles. The third-order valence-electron chi connectivity index (χ3n) is 5.95. The molecule has 3 heterocycles. The molecule has 0 spiro atoms. The lowest BCUT2D eigenvalue weighted by molar-refractivity contribution is -0.0188. The number of likely N-dealkylation sites (tertiary alicyclic amines) is 1. The van der Waals surface area contributed by atoms with Crippen LogP contribution in [0.5, 0.6) is 0 Å². The highest BCUT2D eigenvalue weighted by Gasteiger charge is 2.37. The molecule has 2 aliphatic rings. The van der Waals surface area contributed by atoms with E-state index in [9.17, 15) is 9.90 Å². The lowest BCUT2D eigenvalue weighted by Gasteiger charge is -2.42. The van der Waals surface area contributed by atoms with Gasteiger partial charge in [0.2, 0.25) is 0 Å². The van der Waals surface area contributed by atoms with E-state index in [2.05, 4.69) is 37.6 Å². The molecule has 1 amide bonds. The van der Waals surface area contributed by atoms with E-state index in [1.807, 2.05) is 6.07 Å². The summed E-state index contributed by atoms with van der Waals surface area (Å²) < 4.78 is 0. The van der Waals surface area contributed by atoms with Crippen LogP contribution in [0.2, 0.25) is 0 Å². The number of aliphatic hydroxyl groups excluding tert-OH is 1. The molecule has 1 aromatic heterocycles. The minimum absolute atomic E-state index is 0.00474. The van der Waals surface area contributed by atoms with Crippen molar-refractivity contribution < 1.29 is 9.90 Å². The maximum Gasteiger partial charge on any atom is 0.254 e. The molecule has 0 radical (unpaired) electrons. The zero-order chi connectivity index (χ0) is 18.9. The molecule has 0 aromatic carbocycles. The molecule has 2 aliphatic heterocycles. The van der Waals surface area contributed by atoms with Crippen LogP contribution in [0.1, 0.15) is 57.3 Å². The van der Waals surface area contributed by atoms with Crippen molar-refractivity contribution in [3.8, 4) is 0 Å². The second-order valence-corrected chi connectivity index (χ2v) is 9.18. The summed E-state index contributed by atoms with van der Waals surface area (Å²) >= 11 is 0. The average molecular weight is 360 g/mol. The molecule has 3 atom stereocenters. The first-order valence-corrected chi connectivity index (χ1v) is 9.94. The molecular formula is C21H33N3O2. The Balaban J connectivity index is 1.70. The first-order valence-electron chi connectivity index (χ1n) is 9.94. The van der Waals surface area contributed by atoms with Crippen LogP contribution in [0.4, 0.5) is 5.82 Å². The van der Waals surface area contributed by atoms with Gasteiger partial charge in [0, 0.05) is 37.9 Å². The van der Waals surface area contributed by atoms with Crippen LogP contribution in [0.25, 0.3) is 0 Å². The number of amides is 1. The number of nitrogens with zero attached hydrogens (tertiary/aromatic N) is 3. The van der Waals surface area contributed by atoms with Gasteiger partial charge in [-0.15, -0.1) is 0 Å². The Bertz CT molecular complexity index is 640. The minimum Gasteiger partial charge on any atom is -0.391 e. The molecule has 26 heavy (non-hydrogen) atoms. The predicted molar refractivity (Wildman–Crippen MR) is 104 cm³/mol. The molecule has 1 aromatic rings. The van der Waals surface area contributed by atoms with Crippen LogP contribution in [-0.4, -0.2) is 53.2 Å². The maximum atomic E-state index is 13.0. The fraction of sp³-hybridized carbons (Fsp3) is 0.714. The monoisotopic (exact) mass is 359 g/mol. The van der Waals surface area contributed by atoms with Crippen molar-refractivity contribution in [2.75, 3.05) is 31.1 Å². The normalized spacial score (nSPS) is 27.5. The highest BCUT2D eigenvalue weighted by atomic mass is 16.3. The van der Waals surface area contributed by atoms with Gasteiger partial charge in [0.05, 0.1) is 6.10 Å². The van der Waals surface area contributed by atoms with Crippen LogP contribution in [0, 0.1) is 17.3 Å². The Morgan fingerprint density at radius 3 is 2.65 bits per heavy atom. The molecule has 144 valence electrons. The fourth-order valence-electron chi connectivity index (χ4n) is 4.43. The van der Waals surface area contributed by atoms with Crippen LogP contribution in [0.3, 0.4) is 0 Å². The SMILES string of the molecule is CC1CCCN(c2cc(C(=O)N3CCC(C(C)(C)C)C(O)C3)ccn2)C1. The molecular weight excluding hydrogens is 326 g/mol. The molecule has 0 bridgehead atoms. The van der Waals surface area contributed by atoms with Gasteiger partial charge in [0.25, 0.3) is 5.91 Å². The minimum atomic E-state index is -0.461. The number of anilines is 1. The lowest BCUT2D eigenvalue weighted by atomic mass is 9.73. The zero-order valence-corrected chi connectivity index (χ0v) is 16.6. The van der Waals surface area contributed by atoms with Gasteiger partial charge in [-0.2, -0.15) is 0 Å². The number of rotatable bonds is 2. The van der Waals surface area contributed by atoms with Gasteiger partial charge in [-0.1, -0.05) is 27.7 Å². The van der Waals surface area contributed by atoms with E-state index in [1.165, 1.54) is 12.8 Å². The van der Waals surface area contributed by atoms with Crippen molar-refractivity contribution in [1.29, 1.82) is 0 Å². The van der Waals surface area contributed by atoms with Crippen LogP contribution in [0.15, 0.2) is 18.3 Å². The number of piperidine rings is 2. The molecule has 5 nitrogen and oxygen atoms in total. The summed E-state index contributed by atoms with van der Waals surface area (Å²) in [4.78, 5) is 21.5. The number of carbonyl (C=O) groups is 1. The van der Waals surface area contributed by atoms with E-state index in [0.29, 0.717) is 24.6 Å². The largest absolute Gasteiger partial charge is 0.391 e. The highest BCUT2D eigenvalue weighted by Crippen LogP contribution is 2.35. The van der Waals surface area contributed by atoms with E-state index in [1.54, 1.807) is 17.2 Å². The van der Waals surface area contributed by atoms with E-state index in [0.717, 1.165) is 25.3 Å². The summed E-state index contributed by atoms with van der Waals surface area (Å²) in [6.45, 7) is 11.9. The first-order chi connectivity index (χ1) is 12.3. The Kier molecular flexibility index (Phi) is 5.56. The van der Waals surface area contributed by atoms with Crippen LogP contribution < -0.4 is 4.90 Å². The Hall–Kier alpha value is -1.62. The van der Waals surface area contributed by atoms with E-state index < -0.39 is 6.10 Å². The van der Waals surface area contributed by atoms with Crippen molar-refractivity contribution in [3.05, 3.63) is 23.9 Å². The van der Waals surface area contributed by atoms with Gasteiger partial charge in [0.15, 0.2) is 0 Å². The number of aliphatic hydroxyl groups is 1.